The minimum absolute atomic E-state index is 0.0365. The summed E-state index contributed by atoms with van der Waals surface area (Å²) < 4.78 is 1.57. The van der Waals surface area contributed by atoms with E-state index < -0.39 is 0 Å². The molecule has 6 nitrogen and oxygen atoms in total. The molecule has 31 heavy (non-hydrogen) atoms. The number of aromatic nitrogens is 2. The van der Waals surface area contributed by atoms with Gasteiger partial charge in [0.25, 0.3) is 5.56 Å². The lowest BCUT2D eigenvalue weighted by Crippen LogP contribution is -2.33. The van der Waals surface area contributed by atoms with Crippen molar-refractivity contribution < 1.29 is 4.79 Å². The first-order chi connectivity index (χ1) is 14.8. The fourth-order valence-electron chi connectivity index (χ4n) is 4.09. The van der Waals surface area contributed by atoms with Crippen molar-refractivity contribution in [2.24, 2.45) is 0 Å². The van der Waals surface area contributed by atoms with Crippen molar-refractivity contribution in [3.05, 3.63) is 56.4 Å². The smallest absolute Gasteiger partial charge is 0.263 e. The van der Waals surface area contributed by atoms with Gasteiger partial charge in [-0.05, 0) is 69.0 Å². The van der Waals surface area contributed by atoms with Crippen LogP contribution in [0, 0.1) is 13.8 Å². The molecule has 1 aliphatic rings. The van der Waals surface area contributed by atoms with Gasteiger partial charge in [-0.25, -0.2) is 4.98 Å². The van der Waals surface area contributed by atoms with Crippen LogP contribution in [0.2, 0.25) is 0 Å². The number of hydrogen-bond donors (Lipinski definition) is 1. The summed E-state index contributed by atoms with van der Waals surface area (Å²) in [4.78, 5) is 35.3. The zero-order chi connectivity index (χ0) is 22.1. The molecule has 0 saturated carbocycles. The summed E-state index contributed by atoms with van der Waals surface area (Å²) in [5.74, 6) is 0.894. The predicted molar refractivity (Wildman–Crippen MR) is 127 cm³/mol. The first-order valence-corrected chi connectivity index (χ1v) is 11.8. The molecule has 1 N–H and O–H groups in total. The highest BCUT2D eigenvalue weighted by Gasteiger charge is 2.21. The summed E-state index contributed by atoms with van der Waals surface area (Å²) in [5, 5.41) is 3.58. The van der Waals surface area contributed by atoms with Crippen LogP contribution in [0.3, 0.4) is 0 Å². The first kappa shape index (κ1) is 21.7. The molecule has 0 atom stereocenters. The highest BCUT2D eigenvalue weighted by Crippen LogP contribution is 2.27. The Balaban J connectivity index is 1.64. The minimum atomic E-state index is -0.215. The Hall–Kier alpha value is -2.51. The van der Waals surface area contributed by atoms with Gasteiger partial charge in [0.1, 0.15) is 17.2 Å². The Morgan fingerprint density at radius 2 is 1.84 bits per heavy atom. The molecule has 1 saturated heterocycles. The summed E-state index contributed by atoms with van der Waals surface area (Å²) in [6.07, 6.45) is 2.33. The van der Waals surface area contributed by atoms with Crippen molar-refractivity contribution >= 4 is 33.1 Å². The number of benzene rings is 1. The van der Waals surface area contributed by atoms with Crippen molar-refractivity contribution in [1.82, 2.24) is 14.5 Å². The maximum Gasteiger partial charge on any atom is 0.263 e. The number of carbonyl (C=O) groups is 1. The molecule has 0 bridgehead atoms. The van der Waals surface area contributed by atoms with Crippen molar-refractivity contribution in [2.75, 3.05) is 18.4 Å². The number of thiophene rings is 1. The van der Waals surface area contributed by atoms with Crippen molar-refractivity contribution in [1.29, 1.82) is 0 Å². The monoisotopic (exact) mass is 438 g/mol. The fourth-order valence-corrected chi connectivity index (χ4v) is 5.13. The molecular weight excluding hydrogens is 408 g/mol. The van der Waals surface area contributed by atoms with Crippen LogP contribution < -0.4 is 10.9 Å². The van der Waals surface area contributed by atoms with Gasteiger partial charge in [0.15, 0.2) is 0 Å². The molecule has 7 heteroatoms. The van der Waals surface area contributed by atoms with Gasteiger partial charge >= 0.3 is 0 Å². The second-order valence-electron chi connectivity index (χ2n) is 8.69. The number of rotatable bonds is 6. The Morgan fingerprint density at radius 3 is 2.48 bits per heavy atom. The number of carbonyl (C=O) groups excluding carboxylic acids is 1. The van der Waals surface area contributed by atoms with Crippen molar-refractivity contribution in [3.8, 4) is 0 Å². The molecule has 4 rings (SSSR count). The fraction of sp³-hybridized carbons (Fsp3) is 0.458. The number of amides is 1. The van der Waals surface area contributed by atoms with Crippen molar-refractivity contribution in [2.45, 2.75) is 59.5 Å². The van der Waals surface area contributed by atoms with Gasteiger partial charge in [-0.2, -0.15) is 0 Å². The van der Waals surface area contributed by atoms with E-state index in [1.165, 1.54) is 5.56 Å². The van der Waals surface area contributed by atoms with E-state index in [4.69, 9.17) is 4.98 Å². The number of aryl methyl sites for hydroxylation is 2. The normalized spacial score (nSPS) is 14.6. The van der Waals surface area contributed by atoms with E-state index in [1.54, 1.807) is 15.9 Å². The van der Waals surface area contributed by atoms with Crippen LogP contribution >= 0.6 is 11.3 Å². The van der Waals surface area contributed by atoms with E-state index in [0.29, 0.717) is 23.7 Å². The number of nitrogens with zero attached hydrogens (tertiary/aromatic N) is 3. The van der Waals surface area contributed by atoms with Crippen LogP contribution in [-0.2, 0) is 17.9 Å². The molecule has 0 aliphatic carbocycles. The third-order valence-electron chi connectivity index (χ3n) is 6.09. The van der Waals surface area contributed by atoms with Crippen molar-refractivity contribution in [3.63, 3.8) is 0 Å². The van der Waals surface area contributed by atoms with Gasteiger partial charge in [-0.1, -0.05) is 26.0 Å². The number of hydrogen-bond acceptors (Lipinski definition) is 5. The molecule has 1 aromatic carbocycles. The first-order valence-electron chi connectivity index (χ1n) is 10.9. The molecule has 1 fully saturated rings. The average Bonchev–Trinajstić information content (AvgIpc) is 3.33. The molecule has 2 aromatic heterocycles. The second kappa shape index (κ2) is 8.93. The van der Waals surface area contributed by atoms with Gasteiger partial charge in [-0.15, -0.1) is 11.3 Å². The summed E-state index contributed by atoms with van der Waals surface area (Å²) in [7, 11) is 0. The second-order valence-corrected chi connectivity index (χ2v) is 9.89. The van der Waals surface area contributed by atoms with Crippen LogP contribution in [0.25, 0.3) is 10.2 Å². The SMILES string of the molecule is Cc1sc2nc(CN3CCCC3)n(CC(=O)Nc3ccc(C(C)C)cc3)c(=O)c2c1C. The molecular formula is C24H30N4O2S. The van der Waals surface area contributed by atoms with E-state index in [1.807, 2.05) is 38.1 Å². The quantitative estimate of drug-likeness (QED) is 0.618. The van der Waals surface area contributed by atoms with Crippen LogP contribution in [0.1, 0.15) is 54.4 Å². The van der Waals surface area contributed by atoms with Crippen LogP contribution in [0.15, 0.2) is 29.1 Å². The lowest BCUT2D eigenvalue weighted by Gasteiger charge is -2.18. The predicted octanol–water partition coefficient (Wildman–Crippen LogP) is 4.43. The van der Waals surface area contributed by atoms with Gasteiger partial charge in [0.05, 0.1) is 11.9 Å². The lowest BCUT2D eigenvalue weighted by atomic mass is 10.0. The molecule has 0 spiro atoms. The van der Waals surface area contributed by atoms with Gasteiger partial charge in [0.2, 0.25) is 5.91 Å². The Morgan fingerprint density at radius 1 is 1.16 bits per heavy atom. The number of fused-ring (bicyclic) bond motifs is 1. The maximum absolute atomic E-state index is 13.4. The van der Waals surface area contributed by atoms with E-state index in [2.05, 4.69) is 24.1 Å². The molecule has 3 aromatic rings. The standard InChI is InChI=1S/C24H30N4O2S/c1-15(2)18-7-9-19(10-8-18)25-21(29)14-28-20(13-27-11-5-6-12-27)26-23-22(24(28)30)16(3)17(4)31-23/h7-10,15H,5-6,11-14H2,1-4H3,(H,25,29). The highest BCUT2D eigenvalue weighted by molar-refractivity contribution is 7.18. The zero-order valence-corrected chi connectivity index (χ0v) is 19.5. The third kappa shape index (κ3) is 4.57. The number of likely N-dealkylation sites (tertiary alicyclic amines) is 1. The average molecular weight is 439 g/mol. The summed E-state index contributed by atoms with van der Waals surface area (Å²) in [5.41, 5.74) is 2.80. The third-order valence-corrected chi connectivity index (χ3v) is 7.20. The minimum Gasteiger partial charge on any atom is -0.325 e. The largest absolute Gasteiger partial charge is 0.325 e. The number of anilines is 1. The Bertz CT molecular complexity index is 1160. The molecule has 164 valence electrons. The maximum atomic E-state index is 13.4. The van der Waals surface area contributed by atoms with E-state index >= 15 is 0 Å². The summed E-state index contributed by atoms with van der Waals surface area (Å²) in [6, 6.07) is 7.87. The molecule has 0 unspecified atom stereocenters. The van der Waals surface area contributed by atoms with Gasteiger partial charge in [-0.3, -0.25) is 19.1 Å². The van der Waals surface area contributed by atoms with Gasteiger partial charge < -0.3 is 5.32 Å². The summed E-state index contributed by atoms with van der Waals surface area (Å²) in [6.45, 7) is 10.8. The lowest BCUT2D eigenvalue weighted by molar-refractivity contribution is -0.116. The van der Waals surface area contributed by atoms with Crippen LogP contribution in [0.5, 0.6) is 0 Å². The van der Waals surface area contributed by atoms with E-state index in [9.17, 15) is 9.59 Å². The molecule has 1 aliphatic heterocycles. The molecule has 3 heterocycles. The summed E-state index contributed by atoms with van der Waals surface area (Å²) >= 11 is 1.56. The molecule has 0 radical (unpaired) electrons. The van der Waals surface area contributed by atoms with E-state index in [0.717, 1.165) is 46.9 Å². The zero-order valence-electron chi connectivity index (χ0n) is 18.7. The Labute approximate surface area is 186 Å². The van der Waals surface area contributed by atoms with E-state index in [-0.39, 0.29) is 18.0 Å². The topological polar surface area (TPSA) is 67.2 Å². The van der Waals surface area contributed by atoms with Crippen LogP contribution in [0.4, 0.5) is 5.69 Å². The van der Waals surface area contributed by atoms with Gasteiger partial charge in [0, 0.05) is 10.6 Å². The molecule has 1 amide bonds. The number of nitrogens with one attached hydrogen (secondary N) is 1. The van der Waals surface area contributed by atoms with Crippen LogP contribution in [-0.4, -0.2) is 33.4 Å². The highest BCUT2D eigenvalue weighted by atomic mass is 32.1. The Kier molecular flexibility index (Phi) is 6.25.